The summed E-state index contributed by atoms with van der Waals surface area (Å²) in [4.78, 5) is 0. The summed E-state index contributed by atoms with van der Waals surface area (Å²) in [6.07, 6.45) is 0.959. The Hall–Kier alpha value is -1.27. The lowest BCUT2D eigenvalue weighted by atomic mass is 10.3. The second-order valence-electron chi connectivity index (χ2n) is 2.62. The molecule has 0 aromatic heterocycles. The molecule has 0 heterocycles. The fourth-order valence-electron chi connectivity index (χ4n) is 0.810. The first-order chi connectivity index (χ1) is 6.51. The Morgan fingerprint density at radius 3 is 2.64 bits per heavy atom. The fraction of sp³-hybridized carbons (Fsp3) is 0.250. The molecule has 0 spiro atoms. The van der Waals surface area contributed by atoms with Gasteiger partial charge in [-0.1, -0.05) is 6.07 Å². The van der Waals surface area contributed by atoms with E-state index in [2.05, 4.69) is 9.76 Å². The van der Waals surface area contributed by atoms with Crippen molar-refractivity contribution in [3.05, 3.63) is 24.3 Å². The summed E-state index contributed by atoms with van der Waals surface area (Å²) in [7, 11) is -1.97. The van der Waals surface area contributed by atoms with Gasteiger partial charge in [0.1, 0.15) is 5.75 Å². The van der Waals surface area contributed by atoms with Crippen molar-refractivity contribution in [3.8, 4) is 5.75 Å². The molecule has 0 saturated heterocycles. The van der Waals surface area contributed by atoms with Gasteiger partial charge in [-0.05, 0) is 12.1 Å². The molecular weight excluding hydrogens is 206 g/mol. The van der Waals surface area contributed by atoms with E-state index in [1.54, 1.807) is 24.3 Å². The van der Waals surface area contributed by atoms with Crippen molar-refractivity contribution in [2.24, 2.45) is 0 Å². The van der Waals surface area contributed by atoms with E-state index in [9.17, 15) is 8.42 Å². The molecule has 1 N–H and O–H groups in total. The van der Waals surface area contributed by atoms with Crippen LogP contribution in [0.25, 0.3) is 0 Å². The first-order valence-electron chi connectivity index (χ1n) is 3.80. The van der Waals surface area contributed by atoms with Gasteiger partial charge in [0, 0.05) is 6.07 Å². The minimum Gasteiger partial charge on any atom is -0.497 e. The van der Waals surface area contributed by atoms with Gasteiger partial charge in [-0.15, -0.1) is 0 Å². The Bertz CT molecular complexity index is 402. The molecule has 0 aliphatic carbocycles. The molecule has 0 unspecified atom stereocenters. The number of benzene rings is 1. The van der Waals surface area contributed by atoms with Gasteiger partial charge < -0.3 is 4.74 Å². The van der Waals surface area contributed by atoms with E-state index in [0.717, 1.165) is 6.26 Å². The number of methoxy groups -OCH3 is 1. The van der Waals surface area contributed by atoms with Gasteiger partial charge in [-0.25, -0.2) is 5.48 Å². The highest BCUT2D eigenvalue weighted by atomic mass is 32.2. The van der Waals surface area contributed by atoms with Gasteiger partial charge in [0.05, 0.1) is 19.1 Å². The Kier molecular flexibility index (Phi) is 3.32. The lowest BCUT2D eigenvalue weighted by Gasteiger charge is -2.05. The molecule has 0 atom stereocenters. The summed E-state index contributed by atoms with van der Waals surface area (Å²) in [5.74, 6) is 0.618. The monoisotopic (exact) mass is 217 g/mol. The topological polar surface area (TPSA) is 64.6 Å². The maximum absolute atomic E-state index is 10.6. The zero-order valence-electron chi connectivity index (χ0n) is 7.85. The Balaban J connectivity index is 2.68. The number of ether oxygens (including phenoxy) is 1. The highest BCUT2D eigenvalue weighted by Gasteiger charge is 2.02. The van der Waals surface area contributed by atoms with Crippen LogP contribution < -0.4 is 10.2 Å². The maximum Gasteiger partial charge on any atom is 0.284 e. The van der Waals surface area contributed by atoms with Crippen molar-refractivity contribution in [2.75, 3.05) is 18.8 Å². The van der Waals surface area contributed by atoms with Crippen LogP contribution in [-0.2, 0) is 14.4 Å². The second-order valence-corrected chi connectivity index (χ2v) is 4.20. The van der Waals surface area contributed by atoms with E-state index in [0.29, 0.717) is 11.4 Å². The normalized spacial score (nSPS) is 11.0. The number of rotatable bonds is 4. The predicted molar refractivity (Wildman–Crippen MR) is 52.5 cm³/mol. The van der Waals surface area contributed by atoms with Gasteiger partial charge in [-0.2, -0.15) is 12.7 Å². The average Bonchev–Trinajstić information content (AvgIpc) is 2.14. The van der Waals surface area contributed by atoms with Gasteiger partial charge in [0.2, 0.25) is 0 Å². The zero-order valence-corrected chi connectivity index (χ0v) is 8.67. The van der Waals surface area contributed by atoms with E-state index in [1.807, 2.05) is 0 Å². The van der Waals surface area contributed by atoms with Crippen molar-refractivity contribution in [1.82, 2.24) is 0 Å². The summed E-state index contributed by atoms with van der Waals surface area (Å²) in [6.45, 7) is 0. The molecule has 0 radical (unpaired) electrons. The number of hydrogen-bond donors (Lipinski definition) is 1. The van der Waals surface area contributed by atoms with Gasteiger partial charge >= 0.3 is 0 Å². The number of hydrogen-bond acceptors (Lipinski definition) is 5. The molecular formula is C8H11NO4S. The molecule has 1 aromatic rings. The summed E-state index contributed by atoms with van der Waals surface area (Å²) in [5, 5.41) is 0. The van der Waals surface area contributed by atoms with Crippen molar-refractivity contribution in [3.63, 3.8) is 0 Å². The third-order valence-electron chi connectivity index (χ3n) is 1.38. The molecule has 0 aliphatic rings. The Labute approximate surface area is 82.7 Å². The SMILES string of the molecule is COc1cccc(NOS(C)(=O)=O)c1. The van der Waals surface area contributed by atoms with E-state index < -0.39 is 10.1 Å². The maximum atomic E-state index is 10.6. The minimum atomic E-state index is -3.49. The third kappa shape index (κ3) is 3.63. The summed E-state index contributed by atoms with van der Waals surface area (Å²) >= 11 is 0. The molecule has 78 valence electrons. The van der Waals surface area contributed by atoms with Crippen LogP contribution in [0.5, 0.6) is 5.75 Å². The smallest absolute Gasteiger partial charge is 0.284 e. The highest BCUT2D eigenvalue weighted by Crippen LogP contribution is 2.16. The van der Waals surface area contributed by atoms with Crippen LogP contribution in [0, 0.1) is 0 Å². The third-order valence-corrected chi connectivity index (χ3v) is 1.77. The summed E-state index contributed by atoms with van der Waals surface area (Å²) < 4.78 is 30.6. The summed E-state index contributed by atoms with van der Waals surface area (Å²) in [6, 6.07) is 6.73. The fourth-order valence-corrected chi connectivity index (χ4v) is 1.06. The van der Waals surface area contributed by atoms with Gasteiger partial charge in [-0.3, -0.25) is 0 Å². The van der Waals surface area contributed by atoms with Crippen molar-refractivity contribution in [2.45, 2.75) is 0 Å². The molecule has 5 nitrogen and oxygen atoms in total. The van der Waals surface area contributed by atoms with E-state index >= 15 is 0 Å². The van der Waals surface area contributed by atoms with Crippen molar-refractivity contribution >= 4 is 15.8 Å². The Morgan fingerprint density at radius 1 is 1.36 bits per heavy atom. The van der Waals surface area contributed by atoms with Crippen LogP contribution >= 0.6 is 0 Å². The van der Waals surface area contributed by atoms with Crippen molar-refractivity contribution in [1.29, 1.82) is 0 Å². The van der Waals surface area contributed by atoms with Crippen LogP contribution in [0.1, 0.15) is 0 Å². The average molecular weight is 217 g/mol. The molecule has 0 amide bonds. The molecule has 6 heteroatoms. The standard InChI is InChI=1S/C8H11NO4S/c1-12-8-5-3-4-7(6-8)9-13-14(2,10)11/h3-6,9H,1-2H3. The quantitative estimate of drug-likeness (QED) is 0.762. The molecule has 0 bridgehead atoms. The summed E-state index contributed by atoms with van der Waals surface area (Å²) in [5.41, 5.74) is 2.80. The first kappa shape index (κ1) is 10.8. The van der Waals surface area contributed by atoms with Crippen LogP contribution in [-0.4, -0.2) is 21.8 Å². The van der Waals surface area contributed by atoms with Crippen LogP contribution in [0.15, 0.2) is 24.3 Å². The van der Waals surface area contributed by atoms with Crippen LogP contribution in [0.4, 0.5) is 5.69 Å². The molecule has 1 rings (SSSR count). The molecule has 0 fully saturated rings. The lowest BCUT2D eigenvalue weighted by molar-refractivity contribution is 0.393. The number of anilines is 1. The van der Waals surface area contributed by atoms with Crippen molar-refractivity contribution < 1.29 is 17.4 Å². The molecule has 1 aromatic carbocycles. The van der Waals surface area contributed by atoms with Gasteiger partial charge in [0.15, 0.2) is 0 Å². The largest absolute Gasteiger partial charge is 0.497 e. The lowest BCUT2D eigenvalue weighted by Crippen LogP contribution is -2.08. The van der Waals surface area contributed by atoms with E-state index in [4.69, 9.17) is 4.74 Å². The molecule has 14 heavy (non-hydrogen) atoms. The van der Waals surface area contributed by atoms with Crippen LogP contribution in [0.3, 0.4) is 0 Å². The predicted octanol–water partition coefficient (Wildman–Crippen LogP) is 0.998. The first-order valence-corrected chi connectivity index (χ1v) is 5.61. The molecule has 0 aliphatic heterocycles. The van der Waals surface area contributed by atoms with E-state index in [1.165, 1.54) is 7.11 Å². The second kappa shape index (κ2) is 4.30. The Morgan fingerprint density at radius 2 is 2.07 bits per heavy atom. The highest BCUT2D eigenvalue weighted by molar-refractivity contribution is 7.86. The van der Waals surface area contributed by atoms with E-state index in [-0.39, 0.29) is 0 Å². The zero-order chi connectivity index (χ0) is 10.6. The van der Waals surface area contributed by atoms with Crippen LogP contribution in [0.2, 0.25) is 0 Å². The number of nitrogens with one attached hydrogen (secondary N) is 1. The molecule has 0 saturated carbocycles. The van der Waals surface area contributed by atoms with Gasteiger partial charge in [0.25, 0.3) is 10.1 Å². The minimum absolute atomic E-state index is 0.509.